The van der Waals surface area contributed by atoms with Crippen LogP contribution in [0.15, 0.2) is 6.07 Å². The van der Waals surface area contributed by atoms with E-state index in [0.29, 0.717) is 12.4 Å². The maximum absolute atomic E-state index is 4.99. The largest absolute Gasteiger partial charge is 0.384 e. The van der Waals surface area contributed by atoms with Crippen molar-refractivity contribution in [2.75, 3.05) is 13.7 Å². The highest BCUT2D eigenvalue weighted by atomic mass is 16.5. The van der Waals surface area contributed by atoms with Gasteiger partial charge in [0.1, 0.15) is 0 Å². The zero-order valence-corrected chi connectivity index (χ0v) is 9.19. The number of rotatable bonds is 3. The quantitative estimate of drug-likeness (QED) is 0.749. The number of nitrogens with zero attached hydrogens (tertiary/aromatic N) is 4. The lowest BCUT2D eigenvalue weighted by molar-refractivity contribution is 0.200. The average Bonchev–Trinajstić information content (AvgIpc) is 2.57. The first kappa shape index (κ1) is 10.0. The Kier molecular flexibility index (Phi) is 2.64. The van der Waals surface area contributed by atoms with E-state index in [-0.39, 0.29) is 0 Å². The van der Waals surface area contributed by atoms with E-state index in [9.17, 15) is 0 Å². The molecule has 5 heteroatoms. The molecule has 0 saturated heterocycles. The summed E-state index contributed by atoms with van der Waals surface area (Å²) in [5, 5.41) is 4.35. The van der Waals surface area contributed by atoms with Gasteiger partial charge in [-0.2, -0.15) is 4.98 Å². The smallest absolute Gasteiger partial charge is 0.252 e. The van der Waals surface area contributed by atoms with Crippen molar-refractivity contribution >= 4 is 5.78 Å². The van der Waals surface area contributed by atoms with Gasteiger partial charge in [0.2, 0.25) is 0 Å². The monoisotopic (exact) mass is 206 g/mol. The molecule has 0 saturated carbocycles. The van der Waals surface area contributed by atoms with Crippen LogP contribution in [0.4, 0.5) is 0 Å². The molecule has 80 valence electrons. The number of methoxy groups -OCH3 is 1. The zero-order valence-electron chi connectivity index (χ0n) is 9.19. The summed E-state index contributed by atoms with van der Waals surface area (Å²) in [5.74, 6) is 1.44. The van der Waals surface area contributed by atoms with Crippen molar-refractivity contribution in [1.82, 2.24) is 19.6 Å². The fourth-order valence-corrected chi connectivity index (χ4v) is 1.51. The van der Waals surface area contributed by atoms with Gasteiger partial charge in [-0.05, 0) is 19.9 Å². The summed E-state index contributed by atoms with van der Waals surface area (Å²) < 4.78 is 6.75. The predicted octanol–water partition coefficient (Wildman–Crippen LogP) is 0.930. The van der Waals surface area contributed by atoms with E-state index in [4.69, 9.17) is 4.74 Å². The minimum absolute atomic E-state index is 0.634. The topological polar surface area (TPSA) is 52.3 Å². The molecular formula is C10H14N4O. The van der Waals surface area contributed by atoms with Crippen molar-refractivity contribution in [1.29, 1.82) is 0 Å². The molecule has 0 unspecified atom stereocenters. The molecule has 2 rings (SSSR count). The van der Waals surface area contributed by atoms with Gasteiger partial charge in [0.25, 0.3) is 5.78 Å². The normalized spacial score (nSPS) is 11.1. The summed E-state index contributed by atoms with van der Waals surface area (Å²) in [7, 11) is 1.67. The van der Waals surface area contributed by atoms with Crippen LogP contribution in [0.5, 0.6) is 0 Å². The van der Waals surface area contributed by atoms with E-state index in [1.165, 1.54) is 0 Å². The molecule has 0 aliphatic rings. The fraction of sp³-hybridized carbons (Fsp3) is 0.500. The van der Waals surface area contributed by atoms with Crippen LogP contribution in [0.2, 0.25) is 0 Å². The first-order valence-electron chi connectivity index (χ1n) is 4.89. The summed E-state index contributed by atoms with van der Waals surface area (Å²) in [5.41, 5.74) is 2.01. The lowest BCUT2D eigenvalue weighted by Crippen LogP contribution is -1.99. The van der Waals surface area contributed by atoms with E-state index in [0.717, 1.165) is 23.6 Å². The van der Waals surface area contributed by atoms with Crippen LogP contribution in [0.25, 0.3) is 5.78 Å². The fourth-order valence-electron chi connectivity index (χ4n) is 1.51. The lowest BCUT2D eigenvalue weighted by atomic mass is 10.4. The van der Waals surface area contributed by atoms with Crippen molar-refractivity contribution in [2.45, 2.75) is 20.3 Å². The Hall–Kier alpha value is -1.49. The Morgan fingerprint density at radius 2 is 2.13 bits per heavy atom. The lowest BCUT2D eigenvalue weighted by Gasteiger charge is -1.97. The van der Waals surface area contributed by atoms with Gasteiger partial charge in [-0.1, -0.05) is 0 Å². The molecule has 0 bridgehead atoms. The molecule has 0 atom stereocenters. The Labute approximate surface area is 88.1 Å². The third kappa shape index (κ3) is 1.97. The molecule has 0 aromatic carbocycles. The van der Waals surface area contributed by atoms with Crippen LogP contribution in [0.3, 0.4) is 0 Å². The van der Waals surface area contributed by atoms with Gasteiger partial charge in [-0.3, -0.25) is 0 Å². The van der Waals surface area contributed by atoms with Crippen molar-refractivity contribution < 1.29 is 4.74 Å². The van der Waals surface area contributed by atoms with E-state index >= 15 is 0 Å². The van der Waals surface area contributed by atoms with Crippen LogP contribution >= 0.6 is 0 Å². The molecule has 0 fully saturated rings. The van der Waals surface area contributed by atoms with E-state index < -0.39 is 0 Å². The molecule has 5 nitrogen and oxygen atoms in total. The van der Waals surface area contributed by atoms with Gasteiger partial charge in [0.15, 0.2) is 5.82 Å². The Bertz CT molecular complexity index is 477. The third-order valence-electron chi connectivity index (χ3n) is 2.19. The summed E-state index contributed by atoms with van der Waals surface area (Å²) in [4.78, 5) is 8.65. The van der Waals surface area contributed by atoms with Crippen LogP contribution in [-0.2, 0) is 11.2 Å². The van der Waals surface area contributed by atoms with Crippen molar-refractivity contribution in [3.05, 3.63) is 23.3 Å². The van der Waals surface area contributed by atoms with Gasteiger partial charge in [0.05, 0.1) is 6.61 Å². The second-order valence-electron chi connectivity index (χ2n) is 3.52. The third-order valence-corrected chi connectivity index (χ3v) is 2.19. The molecule has 2 aromatic rings. The molecule has 0 aliphatic heterocycles. The first-order valence-corrected chi connectivity index (χ1v) is 4.89. The van der Waals surface area contributed by atoms with Crippen molar-refractivity contribution in [3.63, 3.8) is 0 Å². The predicted molar refractivity (Wildman–Crippen MR) is 55.8 cm³/mol. The van der Waals surface area contributed by atoms with Crippen LogP contribution in [0, 0.1) is 13.8 Å². The minimum Gasteiger partial charge on any atom is -0.384 e. The molecule has 2 aromatic heterocycles. The maximum atomic E-state index is 4.99. The molecule has 0 amide bonds. The van der Waals surface area contributed by atoms with Crippen molar-refractivity contribution in [2.24, 2.45) is 0 Å². The number of fused-ring (bicyclic) bond motifs is 1. The van der Waals surface area contributed by atoms with E-state index in [1.807, 2.05) is 19.9 Å². The minimum atomic E-state index is 0.634. The summed E-state index contributed by atoms with van der Waals surface area (Å²) >= 11 is 0. The number of aryl methyl sites for hydroxylation is 2. The average molecular weight is 206 g/mol. The number of aromatic nitrogens is 4. The molecule has 0 radical (unpaired) electrons. The summed E-state index contributed by atoms with van der Waals surface area (Å²) in [6.45, 7) is 4.59. The highest BCUT2D eigenvalue weighted by Gasteiger charge is 2.06. The molecule has 15 heavy (non-hydrogen) atoms. The second-order valence-corrected chi connectivity index (χ2v) is 3.52. The Balaban J connectivity index is 2.41. The van der Waals surface area contributed by atoms with E-state index in [1.54, 1.807) is 11.6 Å². The van der Waals surface area contributed by atoms with Gasteiger partial charge in [0, 0.05) is 24.9 Å². The summed E-state index contributed by atoms with van der Waals surface area (Å²) in [6.07, 6.45) is 0.721. The molecule has 0 spiro atoms. The zero-order chi connectivity index (χ0) is 10.8. The Morgan fingerprint density at radius 1 is 1.33 bits per heavy atom. The van der Waals surface area contributed by atoms with Crippen molar-refractivity contribution in [3.8, 4) is 0 Å². The van der Waals surface area contributed by atoms with Gasteiger partial charge in [-0.15, -0.1) is 5.10 Å². The van der Waals surface area contributed by atoms with E-state index in [2.05, 4.69) is 15.1 Å². The second kappa shape index (κ2) is 3.94. The highest BCUT2D eigenvalue weighted by molar-refractivity contribution is 5.30. The van der Waals surface area contributed by atoms with Gasteiger partial charge < -0.3 is 4.74 Å². The van der Waals surface area contributed by atoms with Gasteiger partial charge >= 0.3 is 0 Å². The molecule has 0 aliphatic carbocycles. The summed E-state index contributed by atoms with van der Waals surface area (Å²) in [6, 6.07) is 1.99. The van der Waals surface area contributed by atoms with Crippen LogP contribution in [0.1, 0.15) is 17.2 Å². The molecule has 2 heterocycles. The van der Waals surface area contributed by atoms with Crippen LogP contribution in [-0.4, -0.2) is 33.3 Å². The molecular weight excluding hydrogens is 192 g/mol. The van der Waals surface area contributed by atoms with Gasteiger partial charge in [-0.25, -0.2) is 9.50 Å². The Morgan fingerprint density at radius 3 is 2.87 bits per heavy atom. The maximum Gasteiger partial charge on any atom is 0.252 e. The first-order chi connectivity index (χ1) is 7.20. The number of ether oxygens (including phenoxy) is 1. The number of hydrogen-bond acceptors (Lipinski definition) is 4. The number of hydrogen-bond donors (Lipinski definition) is 0. The van der Waals surface area contributed by atoms with Crippen LogP contribution < -0.4 is 0 Å². The molecule has 0 N–H and O–H groups in total. The highest BCUT2D eigenvalue weighted by Crippen LogP contribution is 2.05. The standard InChI is InChI=1S/C10H14N4O/c1-7-6-8(2)14-10(11-7)12-9(13-14)4-5-15-3/h6H,4-5H2,1-3H3. The SMILES string of the molecule is COCCc1nc2nc(C)cc(C)n2n1.